The Bertz CT molecular complexity index is 1030. The smallest absolute Gasteiger partial charge is 0.407 e. The molecule has 1 saturated heterocycles. The molecule has 2 aromatic rings. The van der Waals surface area contributed by atoms with E-state index < -0.39 is 36.2 Å². The Morgan fingerprint density at radius 2 is 1.74 bits per heavy atom. The zero-order valence-electron chi connectivity index (χ0n) is 18.8. The number of carboxylic acid groups (broad SMARTS) is 1. The first-order valence-corrected chi connectivity index (χ1v) is 12.6. The average molecular weight is 485 g/mol. The maximum Gasteiger partial charge on any atom is 0.407 e. The van der Waals surface area contributed by atoms with E-state index in [1.54, 1.807) is 0 Å². The van der Waals surface area contributed by atoms with Crippen LogP contribution in [0.1, 0.15) is 29.9 Å². The van der Waals surface area contributed by atoms with E-state index in [1.807, 2.05) is 42.7 Å². The number of ether oxygens (including phenoxy) is 1. The first kappa shape index (κ1) is 24.1. The third-order valence-electron chi connectivity index (χ3n) is 6.39. The molecule has 0 spiro atoms. The maximum atomic E-state index is 13.1. The van der Waals surface area contributed by atoms with E-state index in [0.29, 0.717) is 12.2 Å². The summed E-state index contributed by atoms with van der Waals surface area (Å²) in [6.07, 6.45) is 0.549. The van der Waals surface area contributed by atoms with Gasteiger partial charge < -0.3 is 25.2 Å². The molecule has 0 bridgehead atoms. The summed E-state index contributed by atoms with van der Waals surface area (Å²) in [5, 5.41) is 22.0. The van der Waals surface area contributed by atoms with Gasteiger partial charge in [0.15, 0.2) is 0 Å². The molecule has 8 nitrogen and oxygen atoms in total. The lowest BCUT2D eigenvalue weighted by Gasteiger charge is -2.27. The van der Waals surface area contributed by atoms with E-state index in [1.165, 1.54) is 11.8 Å². The van der Waals surface area contributed by atoms with E-state index >= 15 is 0 Å². The highest BCUT2D eigenvalue weighted by Gasteiger charge is 2.41. The molecule has 180 valence electrons. The number of carbonyl (C=O) groups excluding carboxylic acids is 2. The van der Waals surface area contributed by atoms with E-state index in [0.717, 1.165) is 27.2 Å². The lowest BCUT2D eigenvalue weighted by Crippen LogP contribution is -2.52. The van der Waals surface area contributed by atoms with Crippen molar-refractivity contribution < 1.29 is 29.3 Å². The Morgan fingerprint density at radius 1 is 1.12 bits per heavy atom. The minimum absolute atomic E-state index is 0.0265. The second-order valence-corrected chi connectivity index (χ2v) is 9.52. The van der Waals surface area contributed by atoms with Crippen LogP contribution in [0.4, 0.5) is 4.79 Å². The van der Waals surface area contributed by atoms with E-state index in [4.69, 9.17) is 4.74 Å². The summed E-state index contributed by atoms with van der Waals surface area (Å²) < 4.78 is 5.57. The normalized spacial score (nSPS) is 19.9. The zero-order chi connectivity index (χ0) is 24.2. The van der Waals surface area contributed by atoms with Gasteiger partial charge in [0.25, 0.3) is 0 Å². The minimum Gasteiger partial charge on any atom is -0.480 e. The van der Waals surface area contributed by atoms with Crippen molar-refractivity contribution in [1.29, 1.82) is 0 Å². The number of rotatable bonds is 8. The number of carboxylic acids is 1. The molecule has 4 rings (SSSR count). The molecular weight excluding hydrogens is 456 g/mol. The number of carbonyl (C=O) groups is 3. The number of fused-ring (bicyclic) bond motifs is 3. The lowest BCUT2D eigenvalue weighted by atomic mass is 9.98. The van der Waals surface area contributed by atoms with E-state index in [-0.39, 0.29) is 25.5 Å². The van der Waals surface area contributed by atoms with Crippen LogP contribution in [-0.4, -0.2) is 76.4 Å². The van der Waals surface area contributed by atoms with E-state index in [2.05, 4.69) is 17.4 Å². The van der Waals surface area contributed by atoms with Crippen molar-refractivity contribution in [2.75, 3.05) is 25.2 Å². The van der Waals surface area contributed by atoms with Crippen LogP contribution in [0.3, 0.4) is 0 Å². The lowest BCUT2D eigenvalue weighted by molar-refractivity contribution is -0.149. The monoisotopic (exact) mass is 484 g/mol. The predicted octanol–water partition coefficient (Wildman–Crippen LogP) is 2.69. The Kier molecular flexibility index (Phi) is 7.43. The molecule has 3 N–H and O–H groups in total. The van der Waals surface area contributed by atoms with Crippen LogP contribution in [0, 0.1) is 0 Å². The summed E-state index contributed by atoms with van der Waals surface area (Å²) in [6, 6.07) is 14.0. The number of hydrogen-bond donors (Lipinski definition) is 3. The summed E-state index contributed by atoms with van der Waals surface area (Å²) in [4.78, 5) is 38.5. The summed E-state index contributed by atoms with van der Waals surface area (Å²) >= 11 is 1.51. The number of likely N-dealkylation sites (tertiary alicyclic amines) is 1. The Labute approximate surface area is 202 Å². The molecule has 34 heavy (non-hydrogen) atoms. The van der Waals surface area contributed by atoms with Crippen LogP contribution in [-0.2, 0) is 14.3 Å². The molecular formula is C25H28N2O6S. The van der Waals surface area contributed by atoms with Gasteiger partial charge in [0, 0.05) is 18.9 Å². The van der Waals surface area contributed by atoms with E-state index in [9.17, 15) is 24.6 Å². The van der Waals surface area contributed by atoms with Crippen molar-refractivity contribution in [3.63, 3.8) is 0 Å². The van der Waals surface area contributed by atoms with Gasteiger partial charge in [-0.2, -0.15) is 11.8 Å². The Hall–Kier alpha value is -3.04. The summed E-state index contributed by atoms with van der Waals surface area (Å²) in [5.74, 6) is -1.21. The van der Waals surface area contributed by atoms with Crippen LogP contribution in [0.15, 0.2) is 48.5 Å². The SMILES string of the molecule is CSCC[C@H](NC(=O)OCC1c2ccccc2-c2ccccc21)C(=O)N1CC(O)CC1C(=O)O. The molecule has 2 aliphatic rings. The molecule has 2 amide bonds. The number of alkyl carbamates (subject to hydrolysis) is 1. The van der Waals surface area contributed by atoms with Gasteiger partial charge in [-0.05, 0) is 40.7 Å². The fraction of sp³-hybridized carbons (Fsp3) is 0.400. The Morgan fingerprint density at radius 3 is 2.32 bits per heavy atom. The summed E-state index contributed by atoms with van der Waals surface area (Å²) in [6.45, 7) is 0.0431. The van der Waals surface area contributed by atoms with Crippen LogP contribution in [0.25, 0.3) is 11.1 Å². The van der Waals surface area contributed by atoms with Crippen molar-refractivity contribution in [3.8, 4) is 11.1 Å². The highest BCUT2D eigenvalue weighted by molar-refractivity contribution is 7.98. The van der Waals surface area contributed by atoms with Gasteiger partial charge in [0.05, 0.1) is 6.10 Å². The number of nitrogens with zero attached hydrogens (tertiary/aromatic N) is 1. The summed E-state index contributed by atoms with van der Waals surface area (Å²) in [7, 11) is 0. The minimum atomic E-state index is -1.17. The predicted molar refractivity (Wildman–Crippen MR) is 129 cm³/mol. The van der Waals surface area contributed by atoms with Crippen molar-refractivity contribution in [3.05, 3.63) is 59.7 Å². The average Bonchev–Trinajstić information content (AvgIpc) is 3.38. The van der Waals surface area contributed by atoms with Crippen molar-refractivity contribution in [2.45, 2.75) is 36.9 Å². The number of β-amino-alcohol motifs (C(OH)–C–C–N with tert-alkyl or cyclic N) is 1. The number of aliphatic carboxylic acids is 1. The van der Waals surface area contributed by atoms with Gasteiger partial charge in [0.2, 0.25) is 5.91 Å². The van der Waals surface area contributed by atoms with Crippen molar-refractivity contribution >= 4 is 29.7 Å². The third kappa shape index (κ3) is 4.90. The van der Waals surface area contributed by atoms with Gasteiger partial charge in [-0.15, -0.1) is 0 Å². The molecule has 1 aliphatic carbocycles. The van der Waals surface area contributed by atoms with Gasteiger partial charge in [-0.1, -0.05) is 48.5 Å². The molecule has 1 fully saturated rings. The third-order valence-corrected chi connectivity index (χ3v) is 7.04. The quantitative estimate of drug-likeness (QED) is 0.528. The van der Waals surface area contributed by atoms with Crippen LogP contribution in [0.5, 0.6) is 0 Å². The fourth-order valence-corrected chi connectivity index (χ4v) is 5.24. The molecule has 9 heteroatoms. The maximum absolute atomic E-state index is 13.1. The number of hydrogen-bond acceptors (Lipinski definition) is 6. The standard InChI is InChI=1S/C25H28N2O6S/c1-34-11-10-21(23(29)27-13-15(28)12-22(27)24(30)31)26-25(32)33-14-20-18-8-4-2-6-16(18)17-7-3-5-9-19(17)20/h2-9,15,20-22,28H,10-14H2,1H3,(H,26,32)(H,30,31)/t15?,21-,22?/m0/s1. The largest absolute Gasteiger partial charge is 0.480 e. The van der Waals surface area contributed by atoms with Crippen LogP contribution in [0.2, 0.25) is 0 Å². The van der Waals surface area contributed by atoms with Crippen LogP contribution < -0.4 is 5.32 Å². The van der Waals surface area contributed by atoms with Crippen molar-refractivity contribution in [2.24, 2.45) is 0 Å². The molecule has 1 aliphatic heterocycles. The molecule has 3 atom stereocenters. The highest BCUT2D eigenvalue weighted by Crippen LogP contribution is 2.44. The number of aliphatic hydroxyl groups is 1. The number of benzene rings is 2. The van der Waals surface area contributed by atoms with Gasteiger partial charge >= 0.3 is 12.1 Å². The number of thioether (sulfide) groups is 1. The molecule has 0 aromatic heterocycles. The first-order chi connectivity index (χ1) is 16.4. The van der Waals surface area contributed by atoms with Gasteiger partial charge in [-0.25, -0.2) is 9.59 Å². The second-order valence-electron chi connectivity index (χ2n) is 8.54. The Balaban J connectivity index is 1.44. The van der Waals surface area contributed by atoms with Gasteiger partial charge in [-0.3, -0.25) is 4.79 Å². The molecule has 0 saturated carbocycles. The van der Waals surface area contributed by atoms with Crippen LogP contribution >= 0.6 is 11.8 Å². The highest BCUT2D eigenvalue weighted by atomic mass is 32.2. The first-order valence-electron chi connectivity index (χ1n) is 11.2. The number of aliphatic hydroxyl groups excluding tert-OH is 1. The fourth-order valence-electron chi connectivity index (χ4n) is 4.77. The zero-order valence-corrected chi connectivity index (χ0v) is 19.7. The second kappa shape index (κ2) is 10.5. The molecule has 2 aromatic carbocycles. The molecule has 1 heterocycles. The van der Waals surface area contributed by atoms with Gasteiger partial charge in [0.1, 0.15) is 18.7 Å². The number of amides is 2. The summed E-state index contributed by atoms with van der Waals surface area (Å²) in [5.41, 5.74) is 4.41. The van der Waals surface area contributed by atoms with Crippen molar-refractivity contribution in [1.82, 2.24) is 10.2 Å². The topological polar surface area (TPSA) is 116 Å². The molecule has 0 radical (unpaired) electrons. The number of nitrogens with one attached hydrogen (secondary N) is 1. The molecule has 2 unspecified atom stereocenters.